The minimum atomic E-state index is -3.75. The number of nitrogens with zero attached hydrogens (tertiary/aromatic N) is 1. The molecule has 7 nitrogen and oxygen atoms in total. The lowest BCUT2D eigenvalue weighted by atomic mass is 10.1. The number of carbonyl (C=O) groups excluding carboxylic acids is 1. The van der Waals surface area contributed by atoms with E-state index in [1.165, 1.54) is 37.1 Å². The average Bonchev–Trinajstić information content (AvgIpc) is 2.81. The molecule has 0 aliphatic carbocycles. The third-order valence-corrected chi connectivity index (χ3v) is 5.97. The maximum Gasteiger partial charge on any atom is 0.322 e. The summed E-state index contributed by atoms with van der Waals surface area (Å²) in [5.41, 5.74) is 1.69. The quantitative estimate of drug-likeness (QED) is 0.453. The van der Waals surface area contributed by atoms with Crippen LogP contribution in [0.3, 0.4) is 0 Å². The van der Waals surface area contributed by atoms with Crippen molar-refractivity contribution in [2.75, 3.05) is 18.2 Å². The molecule has 0 aliphatic rings. The highest BCUT2D eigenvalue weighted by Crippen LogP contribution is 2.26. The second kappa shape index (κ2) is 10.8. The number of nitrogens with one attached hydrogen (secondary N) is 1. The Balaban J connectivity index is 1.91. The van der Waals surface area contributed by atoms with Crippen LogP contribution in [0.25, 0.3) is 0 Å². The second-order valence-electron chi connectivity index (χ2n) is 7.15. The van der Waals surface area contributed by atoms with Crippen LogP contribution in [-0.4, -0.2) is 32.2 Å². The van der Waals surface area contributed by atoms with Crippen molar-refractivity contribution in [2.24, 2.45) is 0 Å². The first-order valence-electron chi connectivity index (χ1n) is 10.2. The van der Waals surface area contributed by atoms with E-state index in [9.17, 15) is 17.6 Å². The molecule has 1 N–H and O–H groups in total. The number of rotatable bonds is 9. The van der Waals surface area contributed by atoms with Crippen LogP contribution in [0.2, 0.25) is 0 Å². The normalized spacial score (nSPS) is 11.0. The highest BCUT2D eigenvalue weighted by molar-refractivity contribution is 7.87. The number of methoxy groups -OCH3 is 1. The molecule has 3 aromatic carbocycles. The fraction of sp³-hybridized carbons (Fsp3) is 0.208. The number of ether oxygens (including phenoxy) is 1. The molecule has 0 bridgehead atoms. The van der Waals surface area contributed by atoms with E-state index in [0.29, 0.717) is 22.6 Å². The van der Waals surface area contributed by atoms with Crippen LogP contribution in [0.15, 0.2) is 72.8 Å². The topological polar surface area (TPSA) is 84.9 Å². The van der Waals surface area contributed by atoms with Crippen molar-refractivity contribution < 1.29 is 26.5 Å². The van der Waals surface area contributed by atoms with Gasteiger partial charge in [-0.15, -0.1) is 0 Å². The SMILES string of the molecule is CCS(=O)(=O)Oc1ccccc1CN(Cc1ccc(F)cc1)C(=O)Nc1ccccc1OC. The Hall–Kier alpha value is -3.59. The van der Waals surface area contributed by atoms with E-state index < -0.39 is 16.1 Å². The molecule has 0 aromatic heterocycles. The first-order chi connectivity index (χ1) is 15.8. The van der Waals surface area contributed by atoms with Crippen LogP contribution in [0.4, 0.5) is 14.9 Å². The fourth-order valence-corrected chi connectivity index (χ4v) is 3.62. The van der Waals surface area contributed by atoms with E-state index in [1.54, 1.807) is 54.6 Å². The smallest absolute Gasteiger partial charge is 0.322 e. The van der Waals surface area contributed by atoms with Gasteiger partial charge < -0.3 is 19.1 Å². The van der Waals surface area contributed by atoms with E-state index >= 15 is 0 Å². The van der Waals surface area contributed by atoms with Gasteiger partial charge in [0.25, 0.3) is 0 Å². The van der Waals surface area contributed by atoms with E-state index in [-0.39, 0.29) is 30.4 Å². The highest BCUT2D eigenvalue weighted by Gasteiger charge is 2.20. The molecule has 3 rings (SSSR count). The lowest BCUT2D eigenvalue weighted by Crippen LogP contribution is -2.34. The summed E-state index contributed by atoms with van der Waals surface area (Å²) in [5, 5.41) is 2.82. The summed E-state index contributed by atoms with van der Waals surface area (Å²) in [6, 6.07) is 18.9. The van der Waals surface area contributed by atoms with Gasteiger partial charge in [0.15, 0.2) is 0 Å². The van der Waals surface area contributed by atoms with Crippen LogP contribution in [0, 0.1) is 5.82 Å². The number of benzene rings is 3. The number of amides is 2. The van der Waals surface area contributed by atoms with Crippen molar-refractivity contribution in [1.82, 2.24) is 4.90 Å². The summed E-state index contributed by atoms with van der Waals surface area (Å²) in [4.78, 5) is 14.7. The van der Waals surface area contributed by atoms with Gasteiger partial charge in [-0.3, -0.25) is 0 Å². The molecular formula is C24H25FN2O5S. The monoisotopic (exact) mass is 472 g/mol. The molecular weight excluding hydrogens is 447 g/mol. The van der Waals surface area contributed by atoms with Crippen molar-refractivity contribution in [3.63, 3.8) is 0 Å². The first-order valence-corrected chi connectivity index (χ1v) is 11.8. The average molecular weight is 473 g/mol. The molecule has 33 heavy (non-hydrogen) atoms. The van der Waals surface area contributed by atoms with Crippen molar-refractivity contribution >= 4 is 21.8 Å². The number of hydrogen-bond donors (Lipinski definition) is 1. The summed E-state index contributed by atoms with van der Waals surface area (Å²) in [7, 11) is -2.25. The standard InChI is InChI=1S/C24H25FN2O5S/c1-3-33(29,30)32-22-10-6-4-8-19(22)17-27(16-18-12-14-20(25)15-13-18)24(28)26-21-9-5-7-11-23(21)31-2/h4-15H,3,16-17H2,1-2H3,(H,26,28). The molecule has 0 saturated heterocycles. The maximum atomic E-state index is 13.4. The molecule has 0 saturated carbocycles. The van der Waals surface area contributed by atoms with Crippen LogP contribution in [-0.2, 0) is 23.2 Å². The molecule has 2 amide bonds. The minimum absolute atomic E-state index is 0.0494. The van der Waals surface area contributed by atoms with E-state index in [2.05, 4.69) is 5.32 Å². The number of urea groups is 1. The molecule has 0 unspecified atom stereocenters. The van der Waals surface area contributed by atoms with Crippen molar-refractivity contribution in [1.29, 1.82) is 0 Å². The molecule has 0 aliphatic heterocycles. The predicted octanol–water partition coefficient (Wildman–Crippen LogP) is 4.80. The Bertz CT molecular complexity index is 1200. The van der Waals surface area contributed by atoms with E-state index in [0.717, 1.165) is 0 Å². The molecule has 9 heteroatoms. The van der Waals surface area contributed by atoms with Gasteiger partial charge in [0.05, 0.1) is 25.1 Å². The molecule has 0 atom stereocenters. The highest BCUT2D eigenvalue weighted by atomic mass is 32.2. The summed E-state index contributed by atoms with van der Waals surface area (Å²) < 4.78 is 47.9. The summed E-state index contributed by atoms with van der Waals surface area (Å²) >= 11 is 0. The summed E-state index contributed by atoms with van der Waals surface area (Å²) in [5.74, 6) is 0.0701. The van der Waals surface area contributed by atoms with Crippen LogP contribution in [0.5, 0.6) is 11.5 Å². The lowest BCUT2D eigenvalue weighted by molar-refractivity contribution is 0.206. The Morgan fingerprint density at radius 3 is 2.24 bits per heavy atom. The second-order valence-corrected chi connectivity index (χ2v) is 9.01. The Kier molecular flexibility index (Phi) is 7.89. The van der Waals surface area contributed by atoms with Gasteiger partial charge in [0.2, 0.25) is 0 Å². The van der Waals surface area contributed by atoms with Crippen LogP contribution >= 0.6 is 0 Å². The van der Waals surface area contributed by atoms with E-state index in [4.69, 9.17) is 8.92 Å². The van der Waals surface area contributed by atoms with Gasteiger partial charge in [0, 0.05) is 12.1 Å². The zero-order valence-corrected chi connectivity index (χ0v) is 19.1. The third kappa shape index (κ3) is 6.69. The number of hydrogen-bond acceptors (Lipinski definition) is 5. The maximum absolute atomic E-state index is 13.4. The number of anilines is 1. The summed E-state index contributed by atoms with van der Waals surface area (Å²) in [6.45, 7) is 1.68. The Morgan fingerprint density at radius 1 is 0.939 bits per heavy atom. The number of carbonyl (C=O) groups is 1. The Morgan fingerprint density at radius 2 is 1.58 bits per heavy atom. The molecule has 0 heterocycles. The van der Waals surface area contributed by atoms with Gasteiger partial charge in [-0.2, -0.15) is 8.42 Å². The van der Waals surface area contributed by atoms with Crippen molar-refractivity contribution in [3.8, 4) is 11.5 Å². The number of halogens is 1. The van der Waals surface area contributed by atoms with Crippen molar-refractivity contribution in [3.05, 3.63) is 89.7 Å². The fourth-order valence-electron chi connectivity index (χ4n) is 3.07. The Labute approximate surface area is 192 Å². The van der Waals surface area contributed by atoms with Gasteiger partial charge in [-0.25, -0.2) is 9.18 Å². The minimum Gasteiger partial charge on any atom is -0.495 e. The zero-order chi connectivity index (χ0) is 23.8. The predicted molar refractivity (Wildman–Crippen MR) is 124 cm³/mol. The lowest BCUT2D eigenvalue weighted by Gasteiger charge is -2.25. The third-order valence-electron chi connectivity index (χ3n) is 4.83. The molecule has 0 spiro atoms. The van der Waals surface area contributed by atoms with Gasteiger partial charge in [0.1, 0.15) is 17.3 Å². The first kappa shape index (κ1) is 24.1. The molecule has 0 fully saturated rings. The molecule has 0 radical (unpaired) electrons. The number of para-hydroxylation sites is 3. The van der Waals surface area contributed by atoms with Crippen LogP contribution in [0.1, 0.15) is 18.1 Å². The molecule has 3 aromatic rings. The van der Waals surface area contributed by atoms with Gasteiger partial charge >= 0.3 is 16.1 Å². The summed E-state index contributed by atoms with van der Waals surface area (Å²) in [6.07, 6.45) is 0. The van der Waals surface area contributed by atoms with Crippen molar-refractivity contribution in [2.45, 2.75) is 20.0 Å². The zero-order valence-electron chi connectivity index (χ0n) is 18.3. The van der Waals surface area contributed by atoms with Crippen LogP contribution < -0.4 is 14.2 Å². The largest absolute Gasteiger partial charge is 0.495 e. The van der Waals surface area contributed by atoms with Gasteiger partial charge in [-0.1, -0.05) is 42.5 Å². The molecule has 174 valence electrons. The van der Waals surface area contributed by atoms with E-state index in [1.807, 2.05) is 0 Å². The van der Waals surface area contributed by atoms with Gasteiger partial charge in [-0.05, 0) is 42.8 Å².